The van der Waals surface area contributed by atoms with Gasteiger partial charge in [0, 0.05) is 23.3 Å². The first-order valence-corrected chi connectivity index (χ1v) is 10.7. The second kappa shape index (κ2) is 9.32. The third-order valence-corrected chi connectivity index (χ3v) is 5.82. The van der Waals surface area contributed by atoms with Gasteiger partial charge in [0.25, 0.3) is 5.91 Å². The molecular weight excluding hydrogens is 407 g/mol. The minimum Gasteiger partial charge on any atom is -0.365 e. The molecular formula is C24H27FN6O. The van der Waals surface area contributed by atoms with E-state index in [1.54, 1.807) is 6.20 Å². The molecule has 0 spiro atoms. The number of amides is 1. The predicted octanol–water partition coefficient (Wildman–Crippen LogP) is 4.12. The molecule has 2 aromatic heterocycles. The molecule has 6 N–H and O–H groups in total. The summed E-state index contributed by atoms with van der Waals surface area (Å²) in [6, 6.07) is 12.7. The maximum atomic E-state index is 14.7. The summed E-state index contributed by atoms with van der Waals surface area (Å²) < 4.78 is 14.7. The predicted molar refractivity (Wildman–Crippen MR) is 124 cm³/mol. The van der Waals surface area contributed by atoms with Gasteiger partial charge in [0.2, 0.25) is 0 Å². The van der Waals surface area contributed by atoms with E-state index in [9.17, 15) is 9.18 Å². The SMILES string of the molecule is Cc1ncc(Nc2nc(NC3CCCCC3N)c(F)cc2C(N)=O)cc1-c1ccccc1. The van der Waals surface area contributed by atoms with E-state index in [0.717, 1.165) is 48.6 Å². The van der Waals surface area contributed by atoms with Crippen LogP contribution in [0.2, 0.25) is 0 Å². The number of anilines is 3. The number of nitrogens with two attached hydrogens (primary N) is 2. The van der Waals surface area contributed by atoms with E-state index in [2.05, 4.69) is 20.6 Å². The fourth-order valence-corrected chi connectivity index (χ4v) is 4.04. The third kappa shape index (κ3) is 4.70. The number of pyridine rings is 2. The van der Waals surface area contributed by atoms with Gasteiger partial charge in [0.05, 0.1) is 17.4 Å². The summed E-state index contributed by atoms with van der Waals surface area (Å²) in [5.74, 6) is -1.21. The molecule has 4 rings (SSSR count). The van der Waals surface area contributed by atoms with Gasteiger partial charge < -0.3 is 22.1 Å². The number of carbonyl (C=O) groups excluding carboxylic acids is 1. The van der Waals surface area contributed by atoms with Gasteiger partial charge >= 0.3 is 0 Å². The Bertz CT molecular complexity index is 1120. The number of aryl methyl sites for hydroxylation is 1. The Morgan fingerprint density at radius 2 is 1.88 bits per heavy atom. The van der Waals surface area contributed by atoms with Crippen molar-refractivity contribution in [3.63, 3.8) is 0 Å². The minimum absolute atomic E-state index is 0.0390. The van der Waals surface area contributed by atoms with Gasteiger partial charge in [-0.2, -0.15) is 0 Å². The van der Waals surface area contributed by atoms with E-state index in [-0.39, 0.29) is 29.3 Å². The van der Waals surface area contributed by atoms with Gasteiger partial charge in [-0.3, -0.25) is 9.78 Å². The van der Waals surface area contributed by atoms with Crippen LogP contribution >= 0.6 is 0 Å². The molecule has 0 aliphatic heterocycles. The van der Waals surface area contributed by atoms with Crippen molar-refractivity contribution in [3.8, 4) is 11.1 Å². The highest BCUT2D eigenvalue weighted by Crippen LogP contribution is 2.29. The normalized spacial score (nSPS) is 18.2. The van der Waals surface area contributed by atoms with Gasteiger partial charge in [-0.05, 0) is 37.5 Å². The number of hydrogen-bond acceptors (Lipinski definition) is 6. The number of carbonyl (C=O) groups is 1. The van der Waals surface area contributed by atoms with E-state index < -0.39 is 11.7 Å². The molecule has 1 amide bonds. The molecule has 1 aliphatic carbocycles. The molecule has 7 nitrogen and oxygen atoms in total. The smallest absolute Gasteiger partial charge is 0.252 e. The Labute approximate surface area is 186 Å². The number of nitrogens with one attached hydrogen (secondary N) is 2. The monoisotopic (exact) mass is 434 g/mol. The lowest BCUT2D eigenvalue weighted by Gasteiger charge is -2.30. The Hall–Kier alpha value is -3.52. The standard InChI is InChI=1S/C24H27FN6O/c1-14-17(15-7-3-2-4-8-15)11-16(13-28-14)29-23-18(22(27)32)12-19(25)24(31-23)30-21-10-6-5-9-20(21)26/h2-4,7-8,11-13,20-21H,5-6,9-10,26H2,1H3,(H2,27,32)(H2,29,30,31). The van der Waals surface area contributed by atoms with E-state index in [0.29, 0.717) is 5.69 Å². The summed E-state index contributed by atoms with van der Waals surface area (Å²) >= 11 is 0. The highest BCUT2D eigenvalue weighted by molar-refractivity contribution is 5.98. The Balaban J connectivity index is 1.67. The molecule has 1 aliphatic rings. The largest absolute Gasteiger partial charge is 0.365 e. The molecule has 2 unspecified atom stereocenters. The second-order valence-electron chi connectivity index (χ2n) is 8.13. The van der Waals surface area contributed by atoms with Crippen molar-refractivity contribution in [2.75, 3.05) is 10.6 Å². The first-order chi connectivity index (χ1) is 15.4. The molecule has 2 heterocycles. The number of benzene rings is 1. The quantitative estimate of drug-likeness (QED) is 0.463. The Morgan fingerprint density at radius 3 is 2.59 bits per heavy atom. The minimum atomic E-state index is -0.775. The molecule has 0 bridgehead atoms. The van der Waals surface area contributed by atoms with Crippen LogP contribution in [-0.2, 0) is 0 Å². The summed E-state index contributed by atoms with van der Waals surface area (Å²) in [5, 5.41) is 6.21. The van der Waals surface area contributed by atoms with Crippen molar-refractivity contribution in [1.29, 1.82) is 0 Å². The highest BCUT2D eigenvalue weighted by Gasteiger charge is 2.24. The van der Waals surface area contributed by atoms with Gasteiger partial charge in [0.15, 0.2) is 11.6 Å². The molecule has 32 heavy (non-hydrogen) atoms. The number of nitrogens with zero attached hydrogens (tertiary/aromatic N) is 2. The maximum Gasteiger partial charge on any atom is 0.252 e. The van der Waals surface area contributed by atoms with Crippen molar-refractivity contribution in [2.24, 2.45) is 11.5 Å². The van der Waals surface area contributed by atoms with Crippen LogP contribution in [-0.4, -0.2) is 28.0 Å². The van der Waals surface area contributed by atoms with E-state index in [1.807, 2.05) is 43.3 Å². The van der Waals surface area contributed by atoms with Crippen LogP contribution in [0.5, 0.6) is 0 Å². The van der Waals surface area contributed by atoms with Crippen LogP contribution in [0, 0.1) is 12.7 Å². The van der Waals surface area contributed by atoms with Gasteiger partial charge in [-0.1, -0.05) is 43.2 Å². The molecule has 1 saturated carbocycles. The summed E-state index contributed by atoms with van der Waals surface area (Å²) in [4.78, 5) is 20.8. The summed E-state index contributed by atoms with van der Waals surface area (Å²) in [6.07, 6.45) is 5.44. The zero-order valence-electron chi connectivity index (χ0n) is 17.9. The Kier molecular flexibility index (Phi) is 6.32. The van der Waals surface area contributed by atoms with E-state index in [4.69, 9.17) is 11.5 Å². The van der Waals surface area contributed by atoms with E-state index >= 15 is 0 Å². The van der Waals surface area contributed by atoms with Crippen molar-refractivity contribution in [2.45, 2.75) is 44.7 Å². The average molecular weight is 435 g/mol. The van der Waals surface area contributed by atoms with Crippen LogP contribution in [0.25, 0.3) is 11.1 Å². The third-order valence-electron chi connectivity index (χ3n) is 5.82. The maximum absolute atomic E-state index is 14.7. The van der Waals surface area contributed by atoms with Crippen LogP contribution in [0.3, 0.4) is 0 Å². The van der Waals surface area contributed by atoms with Crippen LogP contribution in [0.15, 0.2) is 48.7 Å². The fourth-order valence-electron chi connectivity index (χ4n) is 4.04. The molecule has 1 fully saturated rings. The average Bonchev–Trinajstić information content (AvgIpc) is 2.79. The second-order valence-corrected chi connectivity index (χ2v) is 8.13. The van der Waals surface area contributed by atoms with Gasteiger partial charge in [-0.25, -0.2) is 9.37 Å². The number of primary amides is 1. The first-order valence-electron chi connectivity index (χ1n) is 10.7. The van der Waals surface area contributed by atoms with Crippen LogP contribution < -0.4 is 22.1 Å². The summed E-state index contributed by atoms with van der Waals surface area (Å²) in [6.45, 7) is 1.92. The van der Waals surface area contributed by atoms with Crippen molar-refractivity contribution >= 4 is 23.2 Å². The van der Waals surface area contributed by atoms with Gasteiger partial charge in [-0.15, -0.1) is 0 Å². The van der Waals surface area contributed by atoms with Crippen molar-refractivity contribution < 1.29 is 9.18 Å². The molecule has 8 heteroatoms. The van der Waals surface area contributed by atoms with Crippen molar-refractivity contribution in [1.82, 2.24) is 9.97 Å². The number of hydrogen-bond donors (Lipinski definition) is 4. The lowest BCUT2D eigenvalue weighted by molar-refractivity contribution is 0.100. The van der Waals surface area contributed by atoms with Crippen molar-refractivity contribution in [3.05, 3.63) is 65.7 Å². The number of aromatic nitrogens is 2. The molecule has 0 saturated heterocycles. The topological polar surface area (TPSA) is 119 Å². The zero-order valence-corrected chi connectivity index (χ0v) is 17.9. The van der Waals surface area contributed by atoms with Gasteiger partial charge in [0.1, 0.15) is 5.82 Å². The summed E-state index contributed by atoms with van der Waals surface area (Å²) in [5.41, 5.74) is 15.1. The first kappa shape index (κ1) is 21.7. The highest BCUT2D eigenvalue weighted by atomic mass is 19.1. The molecule has 0 radical (unpaired) electrons. The Morgan fingerprint density at radius 1 is 1.12 bits per heavy atom. The molecule has 2 atom stereocenters. The fraction of sp³-hybridized carbons (Fsp3) is 0.292. The van der Waals surface area contributed by atoms with E-state index in [1.165, 1.54) is 0 Å². The molecule has 166 valence electrons. The van der Waals surface area contributed by atoms with Crippen LogP contribution in [0.1, 0.15) is 41.7 Å². The zero-order chi connectivity index (χ0) is 22.7. The lowest BCUT2D eigenvalue weighted by atomic mass is 9.91. The lowest BCUT2D eigenvalue weighted by Crippen LogP contribution is -2.43. The summed E-state index contributed by atoms with van der Waals surface area (Å²) in [7, 11) is 0. The van der Waals surface area contributed by atoms with Crippen LogP contribution in [0.4, 0.5) is 21.7 Å². The molecule has 1 aromatic carbocycles. The molecule has 3 aromatic rings. The number of halogens is 1. The number of rotatable bonds is 6.